The summed E-state index contributed by atoms with van der Waals surface area (Å²) in [6.45, 7) is 0.796. The minimum absolute atomic E-state index is 0.0554. The molecule has 1 aromatic heterocycles. The maximum atomic E-state index is 12.3. The van der Waals surface area contributed by atoms with Crippen LogP contribution in [0.3, 0.4) is 0 Å². The first kappa shape index (κ1) is 11.6. The largest absolute Gasteiger partial charge is 0.385 e. The van der Waals surface area contributed by atoms with Gasteiger partial charge in [-0.2, -0.15) is 0 Å². The van der Waals surface area contributed by atoms with Crippen molar-refractivity contribution in [3.8, 4) is 0 Å². The van der Waals surface area contributed by atoms with Crippen LogP contribution in [-0.4, -0.2) is 22.4 Å². The first-order valence-corrected chi connectivity index (χ1v) is 6.25. The molecule has 0 spiro atoms. The van der Waals surface area contributed by atoms with Gasteiger partial charge in [-0.05, 0) is 24.1 Å². The lowest BCUT2D eigenvalue weighted by Gasteiger charge is -2.25. The van der Waals surface area contributed by atoms with Crippen LogP contribution in [0.1, 0.15) is 17.9 Å². The average molecular weight is 254 g/mol. The van der Waals surface area contributed by atoms with Gasteiger partial charge in [0.2, 0.25) is 11.9 Å². The van der Waals surface area contributed by atoms with Gasteiger partial charge in [-0.25, -0.2) is 9.97 Å². The predicted molar refractivity (Wildman–Crippen MR) is 73.0 cm³/mol. The van der Waals surface area contributed by atoms with Crippen LogP contribution >= 0.6 is 0 Å². The summed E-state index contributed by atoms with van der Waals surface area (Å²) in [7, 11) is 0. The molecule has 96 valence electrons. The standard InChI is InChI=1S/C14H14N4O/c19-13(18-14-16-7-3-8-17-14)11-6-9-15-12-5-2-1-4-10(11)12/h1-5,7-8,11,15H,6,9H2,(H,16,17,18,19). The minimum Gasteiger partial charge on any atom is -0.385 e. The summed E-state index contributed by atoms with van der Waals surface area (Å²) in [5.74, 6) is 0.143. The third kappa shape index (κ3) is 2.40. The van der Waals surface area contributed by atoms with Gasteiger partial charge in [0.05, 0.1) is 5.92 Å². The number of nitrogens with zero attached hydrogens (tertiary/aromatic N) is 2. The SMILES string of the molecule is O=C(Nc1ncccn1)C1CCNc2ccccc21. The molecule has 5 heteroatoms. The zero-order valence-electron chi connectivity index (χ0n) is 10.3. The van der Waals surface area contributed by atoms with E-state index in [1.807, 2.05) is 24.3 Å². The Hall–Kier alpha value is -2.43. The molecule has 3 rings (SSSR count). The normalized spacial score (nSPS) is 17.2. The number of fused-ring (bicyclic) bond motifs is 1. The minimum atomic E-state index is -0.152. The van der Waals surface area contributed by atoms with Crippen LogP contribution in [0, 0.1) is 0 Å². The van der Waals surface area contributed by atoms with E-state index in [1.54, 1.807) is 18.5 Å². The zero-order valence-corrected chi connectivity index (χ0v) is 10.3. The summed E-state index contributed by atoms with van der Waals surface area (Å²) in [4.78, 5) is 20.3. The molecule has 1 aromatic carbocycles. The predicted octanol–water partition coefficient (Wildman–Crippen LogP) is 2.01. The highest BCUT2D eigenvalue weighted by molar-refractivity contribution is 5.95. The summed E-state index contributed by atoms with van der Waals surface area (Å²) in [5.41, 5.74) is 2.06. The van der Waals surface area contributed by atoms with Crippen LogP contribution in [-0.2, 0) is 4.79 Å². The van der Waals surface area contributed by atoms with Crippen molar-refractivity contribution in [2.45, 2.75) is 12.3 Å². The van der Waals surface area contributed by atoms with E-state index >= 15 is 0 Å². The summed E-state index contributed by atoms with van der Waals surface area (Å²) < 4.78 is 0. The van der Waals surface area contributed by atoms with Crippen molar-refractivity contribution < 1.29 is 4.79 Å². The second-order valence-corrected chi connectivity index (χ2v) is 4.42. The molecule has 0 fully saturated rings. The molecular weight excluding hydrogens is 240 g/mol. The highest BCUT2D eigenvalue weighted by Crippen LogP contribution is 2.31. The zero-order chi connectivity index (χ0) is 13.1. The number of carbonyl (C=O) groups excluding carboxylic acids is 1. The molecule has 2 aromatic rings. The van der Waals surface area contributed by atoms with E-state index in [2.05, 4.69) is 20.6 Å². The number of aromatic nitrogens is 2. The van der Waals surface area contributed by atoms with Crippen LogP contribution in [0.15, 0.2) is 42.7 Å². The van der Waals surface area contributed by atoms with Crippen molar-refractivity contribution in [3.05, 3.63) is 48.3 Å². The van der Waals surface area contributed by atoms with Crippen molar-refractivity contribution in [1.29, 1.82) is 0 Å². The van der Waals surface area contributed by atoms with Gasteiger partial charge in [0.25, 0.3) is 0 Å². The maximum Gasteiger partial charge on any atom is 0.234 e. The number of carbonyl (C=O) groups is 1. The molecular formula is C14H14N4O. The molecule has 1 aliphatic heterocycles. The summed E-state index contributed by atoms with van der Waals surface area (Å²) in [5, 5.41) is 6.06. The van der Waals surface area contributed by atoms with Crippen LogP contribution in [0.25, 0.3) is 0 Å². The van der Waals surface area contributed by atoms with E-state index in [1.165, 1.54) is 0 Å². The van der Waals surface area contributed by atoms with Crippen molar-refractivity contribution in [2.75, 3.05) is 17.2 Å². The number of anilines is 2. The number of nitrogens with one attached hydrogen (secondary N) is 2. The lowest BCUT2D eigenvalue weighted by Crippen LogP contribution is -2.28. The van der Waals surface area contributed by atoms with E-state index in [4.69, 9.17) is 0 Å². The van der Waals surface area contributed by atoms with E-state index < -0.39 is 0 Å². The van der Waals surface area contributed by atoms with Crippen LogP contribution < -0.4 is 10.6 Å². The molecule has 1 atom stereocenters. The molecule has 0 saturated carbocycles. The third-order valence-electron chi connectivity index (χ3n) is 3.20. The average Bonchev–Trinajstić information content (AvgIpc) is 2.47. The second-order valence-electron chi connectivity index (χ2n) is 4.42. The second kappa shape index (κ2) is 5.06. The molecule has 0 saturated heterocycles. The molecule has 0 aliphatic carbocycles. The Kier molecular flexibility index (Phi) is 3.10. The highest BCUT2D eigenvalue weighted by Gasteiger charge is 2.26. The third-order valence-corrected chi connectivity index (χ3v) is 3.20. The Morgan fingerprint density at radius 3 is 2.84 bits per heavy atom. The molecule has 0 radical (unpaired) electrons. The molecule has 19 heavy (non-hydrogen) atoms. The number of hydrogen-bond donors (Lipinski definition) is 2. The Labute approximate surface area is 111 Å². The van der Waals surface area contributed by atoms with E-state index in [-0.39, 0.29) is 11.8 Å². The molecule has 0 bridgehead atoms. The van der Waals surface area contributed by atoms with Gasteiger partial charge in [-0.1, -0.05) is 18.2 Å². The van der Waals surface area contributed by atoms with Gasteiger partial charge < -0.3 is 5.32 Å². The number of para-hydroxylation sites is 1. The summed E-state index contributed by atoms with van der Waals surface area (Å²) >= 11 is 0. The first-order valence-electron chi connectivity index (χ1n) is 6.25. The van der Waals surface area contributed by atoms with Gasteiger partial charge in [0.15, 0.2) is 0 Å². The fraction of sp³-hybridized carbons (Fsp3) is 0.214. The van der Waals surface area contributed by atoms with Gasteiger partial charge in [0.1, 0.15) is 0 Å². The highest BCUT2D eigenvalue weighted by atomic mass is 16.2. The molecule has 1 amide bonds. The molecule has 5 nitrogen and oxygen atoms in total. The van der Waals surface area contributed by atoms with Crippen molar-refractivity contribution in [2.24, 2.45) is 0 Å². The quantitative estimate of drug-likeness (QED) is 0.860. The monoisotopic (exact) mass is 254 g/mol. The number of rotatable bonds is 2. The Bertz CT molecular complexity index is 585. The number of amides is 1. The van der Waals surface area contributed by atoms with Crippen LogP contribution in [0.2, 0.25) is 0 Å². The Morgan fingerprint density at radius 1 is 1.21 bits per heavy atom. The van der Waals surface area contributed by atoms with Crippen molar-refractivity contribution >= 4 is 17.5 Å². The van der Waals surface area contributed by atoms with Crippen LogP contribution in [0.4, 0.5) is 11.6 Å². The maximum absolute atomic E-state index is 12.3. The van der Waals surface area contributed by atoms with Gasteiger partial charge in [-0.3, -0.25) is 10.1 Å². The fourth-order valence-electron chi connectivity index (χ4n) is 2.30. The van der Waals surface area contributed by atoms with E-state index in [0.717, 1.165) is 24.2 Å². The molecule has 2 N–H and O–H groups in total. The summed E-state index contributed by atoms with van der Waals surface area (Å²) in [6, 6.07) is 9.61. The van der Waals surface area contributed by atoms with Crippen LogP contribution in [0.5, 0.6) is 0 Å². The van der Waals surface area contributed by atoms with Gasteiger partial charge >= 0.3 is 0 Å². The number of benzene rings is 1. The van der Waals surface area contributed by atoms with Crippen molar-refractivity contribution in [3.63, 3.8) is 0 Å². The molecule has 1 unspecified atom stereocenters. The first-order chi connectivity index (χ1) is 9.34. The topological polar surface area (TPSA) is 66.9 Å². The Balaban J connectivity index is 1.82. The lowest BCUT2D eigenvalue weighted by molar-refractivity contribution is -0.117. The lowest BCUT2D eigenvalue weighted by atomic mass is 9.90. The van der Waals surface area contributed by atoms with Gasteiger partial charge in [-0.15, -0.1) is 0 Å². The van der Waals surface area contributed by atoms with E-state index in [9.17, 15) is 4.79 Å². The fourth-order valence-corrected chi connectivity index (χ4v) is 2.30. The summed E-state index contributed by atoms with van der Waals surface area (Å²) in [6.07, 6.45) is 3.99. The molecule has 1 aliphatic rings. The van der Waals surface area contributed by atoms with E-state index in [0.29, 0.717) is 5.95 Å². The smallest absolute Gasteiger partial charge is 0.234 e. The molecule has 2 heterocycles. The van der Waals surface area contributed by atoms with Crippen molar-refractivity contribution in [1.82, 2.24) is 9.97 Å². The van der Waals surface area contributed by atoms with Gasteiger partial charge in [0, 0.05) is 24.6 Å². The number of hydrogen-bond acceptors (Lipinski definition) is 4. The Morgan fingerprint density at radius 2 is 2.00 bits per heavy atom.